The van der Waals surface area contributed by atoms with Crippen molar-refractivity contribution in [2.24, 2.45) is 18.9 Å². The summed E-state index contributed by atoms with van der Waals surface area (Å²) in [5, 5.41) is 4.32. The molecular weight excluding hydrogens is 238 g/mol. The number of aromatic nitrogens is 2. The van der Waals surface area contributed by atoms with Crippen LogP contribution < -0.4 is 10.5 Å². The Kier molecular flexibility index (Phi) is 3.43. The Morgan fingerprint density at radius 1 is 1.35 bits per heavy atom. The van der Waals surface area contributed by atoms with Gasteiger partial charge in [0.2, 0.25) is 0 Å². The van der Waals surface area contributed by atoms with E-state index in [1.54, 1.807) is 13.2 Å². The van der Waals surface area contributed by atoms with Crippen LogP contribution in [0.3, 0.4) is 0 Å². The average molecular weight is 256 g/mol. The van der Waals surface area contributed by atoms with Crippen LogP contribution in [0.4, 0.5) is 5.69 Å². The molecule has 0 amide bonds. The van der Waals surface area contributed by atoms with Crippen LogP contribution in [0.1, 0.15) is 20.3 Å². The summed E-state index contributed by atoms with van der Waals surface area (Å²) in [6, 6.07) is 0. The predicted molar refractivity (Wildman–Crippen MR) is 69.6 cm³/mol. The second kappa shape index (κ2) is 4.69. The van der Waals surface area contributed by atoms with Crippen molar-refractivity contribution >= 4 is 17.3 Å². The fourth-order valence-corrected chi connectivity index (χ4v) is 2.87. The zero-order valence-corrected chi connectivity index (χ0v) is 11.2. The summed E-state index contributed by atoms with van der Waals surface area (Å²) in [4.78, 5) is 13.9. The summed E-state index contributed by atoms with van der Waals surface area (Å²) in [5.74, 6) is 1.25. The summed E-state index contributed by atoms with van der Waals surface area (Å²) in [6.07, 6.45) is 2.92. The van der Waals surface area contributed by atoms with Crippen molar-refractivity contribution in [1.82, 2.24) is 9.78 Å². The van der Waals surface area contributed by atoms with Crippen molar-refractivity contribution in [2.45, 2.75) is 20.3 Å². The topological polar surface area (TPSA) is 38.1 Å². The highest BCUT2D eigenvalue weighted by Gasteiger charge is 2.24. The van der Waals surface area contributed by atoms with Gasteiger partial charge in [0, 0.05) is 20.1 Å². The maximum absolute atomic E-state index is 11.7. The lowest BCUT2D eigenvalue weighted by Crippen LogP contribution is -2.40. The standard InChI is InChI=1S/C12H18ClN3O/c1-8-4-9(2)7-16(6-8)10-5-14-15(3)12(17)11(10)13/h5,8-9H,4,6-7H2,1-3H3/t8-,9-/m0/s1. The minimum Gasteiger partial charge on any atom is -0.368 e. The highest BCUT2D eigenvalue weighted by molar-refractivity contribution is 6.33. The molecule has 0 spiro atoms. The fourth-order valence-electron chi connectivity index (χ4n) is 2.58. The molecule has 0 aromatic carbocycles. The Morgan fingerprint density at radius 3 is 2.53 bits per heavy atom. The molecule has 0 bridgehead atoms. The maximum Gasteiger partial charge on any atom is 0.287 e. The van der Waals surface area contributed by atoms with Crippen LogP contribution in [0.2, 0.25) is 5.02 Å². The van der Waals surface area contributed by atoms with Crippen LogP contribution in [0.15, 0.2) is 11.0 Å². The van der Waals surface area contributed by atoms with E-state index in [2.05, 4.69) is 23.8 Å². The number of piperidine rings is 1. The number of halogens is 1. The first-order chi connectivity index (χ1) is 7.99. The summed E-state index contributed by atoms with van der Waals surface area (Å²) in [7, 11) is 1.61. The Bertz CT molecular complexity index is 461. The first kappa shape index (κ1) is 12.4. The van der Waals surface area contributed by atoms with Gasteiger partial charge in [0.15, 0.2) is 0 Å². The summed E-state index contributed by atoms with van der Waals surface area (Å²) in [5.41, 5.74) is 0.545. The van der Waals surface area contributed by atoms with Crippen molar-refractivity contribution < 1.29 is 0 Å². The predicted octanol–water partition coefficient (Wildman–Crippen LogP) is 1.92. The van der Waals surface area contributed by atoms with E-state index in [1.807, 2.05) is 0 Å². The van der Waals surface area contributed by atoms with Crippen LogP contribution in [0.5, 0.6) is 0 Å². The van der Waals surface area contributed by atoms with Crippen LogP contribution in [-0.4, -0.2) is 22.9 Å². The minimum absolute atomic E-state index is 0.227. The molecule has 0 N–H and O–H groups in total. The summed E-state index contributed by atoms with van der Waals surface area (Å²) in [6.45, 7) is 6.34. The molecule has 0 aliphatic carbocycles. The first-order valence-electron chi connectivity index (χ1n) is 5.95. The molecular formula is C12H18ClN3O. The van der Waals surface area contributed by atoms with E-state index >= 15 is 0 Å². The molecule has 0 unspecified atom stereocenters. The normalized spacial score (nSPS) is 25.1. The van der Waals surface area contributed by atoms with Gasteiger partial charge in [0.05, 0.1) is 11.9 Å². The Hall–Kier alpha value is -1.03. The molecule has 1 aliphatic heterocycles. The van der Waals surface area contributed by atoms with Gasteiger partial charge in [-0.15, -0.1) is 0 Å². The zero-order chi connectivity index (χ0) is 12.6. The van der Waals surface area contributed by atoms with Crippen LogP contribution >= 0.6 is 11.6 Å². The van der Waals surface area contributed by atoms with Gasteiger partial charge >= 0.3 is 0 Å². The second-order valence-corrected chi connectivity index (χ2v) is 5.50. The van der Waals surface area contributed by atoms with Crippen LogP contribution in [0.25, 0.3) is 0 Å². The molecule has 2 heterocycles. The molecule has 1 aromatic rings. The van der Waals surface area contributed by atoms with Crippen LogP contribution in [0, 0.1) is 11.8 Å². The van der Waals surface area contributed by atoms with Gasteiger partial charge in [-0.25, -0.2) is 4.68 Å². The van der Waals surface area contributed by atoms with Crippen LogP contribution in [-0.2, 0) is 7.05 Å². The lowest BCUT2D eigenvalue weighted by atomic mass is 9.92. The van der Waals surface area contributed by atoms with Gasteiger partial charge in [-0.3, -0.25) is 4.79 Å². The molecule has 1 fully saturated rings. The number of nitrogens with zero attached hydrogens (tertiary/aromatic N) is 3. The van der Waals surface area contributed by atoms with Gasteiger partial charge in [0.1, 0.15) is 5.02 Å². The first-order valence-corrected chi connectivity index (χ1v) is 6.33. The van der Waals surface area contributed by atoms with E-state index in [1.165, 1.54) is 11.1 Å². The highest BCUT2D eigenvalue weighted by atomic mass is 35.5. The van der Waals surface area contributed by atoms with E-state index in [0.29, 0.717) is 11.8 Å². The SMILES string of the molecule is C[C@H]1C[C@H](C)CN(c2cnn(C)c(=O)c2Cl)C1. The van der Waals surface area contributed by atoms with Gasteiger partial charge in [-0.05, 0) is 18.3 Å². The van der Waals surface area contributed by atoms with Gasteiger partial charge in [-0.2, -0.15) is 5.10 Å². The molecule has 94 valence electrons. The molecule has 0 saturated carbocycles. The lowest BCUT2D eigenvalue weighted by Gasteiger charge is -2.36. The number of aryl methyl sites for hydroxylation is 1. The van der Waals surface area contributed by atoms with E-state index in [0.717, 1.165) is 18.8 Å². The molecule has 17 heavy (non-hydrogen) atoms. The lowest BCUT2D eigenvalue weighted by molar-refractivity contribution is 0.356. The smallest absolute Gasteiger partial charge is 0.287 e. The average Bonchev–Trinajstić information content (AvgIpc) is 2.24. The quantitative estimate of drug-likeness (QED) is 0.770. The maximum atomic E-state index is 11.7. The Balaban J connectivity index is 2.34. The zero-order valence-electron chi connectivity index (χ0n) is 10.5. The number of hydrogen-bond acceptors (Lipinski definition) is 3. The number of hydrogen-bond donors (Lipinski definition) is 0. The third kappa shape index (κ3) is 2.46. The molecule has 0 radical (unpaired) electrons. The van der Waals surface area contributed by atoms with Gasteiger partial charge < -0.3 is 4.90 Å². The number of rotatable bonds is 1. The van der Waals surface area contributed by atoms with Crippen molar-refractivity contribution in [3.8, 4) is 0 Å². The number of anilines is 1. The summed E-state index contributed by atoms with van der Waals surface area (Å²) < 4.78 is 1.27. The fraction of sp³-hybridized carbons (Fsp3) is 0.667. The van der Waals surface area contributed by atoms with Crippen molar-refractivity contribution in [1.29, 1.82) is 0 Å². The van der Waals surface area contributed by atoms with Gasteiger partial charge in [-0.1, -0.05) is 25.4 Å². The molecule has 4 nitrogen and oxygen atoms in total. The Labute approximate surface area is 106 Å². The molecule has 2 atom stereocenters. The van der Waals surface area contributed by atoms with Crippen molar-refractivity contribution in [2.75, 3.05) is 18.0 Å². The monoisotopic (exact) mass is 255 g/mol. The van der Waals surface area contributed by atoms with Gasteiger partial charge in [0.25, 0.3) is 5.56 Å². The van der Waals surface area contributed by atoms with E-state index in [4.69, 9.17) is 11.6 Å². The minimum atomic E-state index is -0.227. The molecule has 1 saturated heterocycles. The third-order valence-corrected chi connectivity index (χ3v) is 3.62. The van der Waals surface area contributed by atoms with E-state index < -0.39 is 0 Å². The highest BCUT2D eigenvalue weighted by Crippen LogP contribution is 2.28. The third-order valence-electron chi connectivity index (χ3n) is 3.27. The van der Waals surface area contributed by atoms with E-state index in [9.17, 15) is 4.79 Å². The molecule has 2 rings (SSSR count). The molecule has 5 heteroatoms. The van der Waals surface area contributed by atoms with E-state index in [-0.39, 0.29) is 10.6 Å². The summed E-state index contributed by atoms with van der Waals surface area (Å²) >= 11 is 6.11. The Morgan fingerprint density at radius 2 is 1.94 bits per heavy atom. The largest absolute Gasteiger partial charge is 0.368 e. The second-order valence-electron chi connectivity index (χ2n) is 5.12. The molecule has 1 aliphatic rings. The van der Waals surface area contributed by atoms with Crippen molar-refractivity contribution in [3.05, 3.63) is 21.6 Å². The van der Waals surface area contributed by atoms with Crippen molar-refractivity contribution in [3.63, 3.8) is 0 Å². The molecule has 1 aromatic heterocycles.